The summed E-state index contributed by atoms with van der Waals surface area (Å²) in [6, 6.07) is 23.8. The average Bonchev–Trinajstić information content (AvgIpc) is 3.11. The molecular formula is C33H39N5O2S. The van der Waals surface area contributed by atoms with Gasteiger partial charge in [-0.2, -0.15) is 4.31 Å². The number of anilines is 2. The van der Waals surface area contributed by atoms with Crippen LogP contribution < -0.4 is 10.6 Å². The lowest BCUT2D eigenvalue weighted by molar-refractivity contribution is 0.369. The topological polar surface area (TPSA) is 92.4 Å². The molecule has 0 aliphatic carbocycles. The maximum absolute atomic E-state index is 14.2. The molecule has 0 spiro atoms. The van der Waals surface area contributed by atoms with Gasteiger partial charge in [-0.05, 0) is 65.6 Å². The van der Waals surface area contributed by atoms with Crippen LogP contribution in [0.15, 0.2) is 90.1 Å². The number of nitrogens with zero attached hydrogens (tertiary/aromatic N) is 4. The summed E-state index contributed by atoms with van der Waals surface area (Å²) >= 11 is 0. The van der Waals surface area contributed by atoms with Crippen molar-refractivity contribution in [2.45, 2.75) is 70.0 Å². The van der Waals surface area contributed by atoms with Crippen LogP contribution in [-0.2, 0) is 34.9 Å². The highest BCUT2D eigenvalue weighted by molar-refractivity contribution is 7.89. The molecule has 1 aliphatic rings. The first-order chi connectivity index (χ1) is 19.5. The Bertz CT molecular complexity index is 1580. The Kier molecular flexibility index (Phi) is 8.16. The van der Waals surface area contributed by atoms with E-state index in [1.807, 2.05) is 49.4 Å². The Labute approximate surface area is 244 Å². The number of nitrogens with two attached hydrogens (primary N) is 1. The second-order valence-corrected chi connectivity index (χ2v) is 13.8. The lowest BCUT2D eigenvalue weighted by atomic mass is 9.87. The zero-order chi connectivity index (χ0) is 29.2. The minimum atomic E-state index is -3.77. The summed E-state index contributed by atoms with van der Waals surface area (Å²) in [6.07, 6.45) is 4.82. The molecule has 5 rings (SSSR count). The van der Waals surface area contributed by atoms with Crippen molar-refractivity contribution in [2.24, 2.45) is 0 Å². The van der Waals surface area contributed by atoms with Crippen molar-refractivity contribution in [3.05, 3.63) is 113 Å². The molecule has 0 saturated carbocycles. The Morgan fingerprint density at radius 3 is 2.27 bits per heavy atom. The monoisotopic (exact) mass is 569 g/mol. The van der Waals surface area contributed by atoms with Crippen LogP contribution in [-0.4, -0.2) is 35.3 Å². The van der Waals surface area contributed by atoms with Crippen LogP contribution in [0.25, 0.3) is 0 Å². The molecule has 0 bridgehead atoms. The Morgan fingerprint density at radius 1 is 0.927 bits per heavy atom. The fourth-order valence-corrected chi connectivity index (χ4v) is 6.88. The second-order valence-electron chi connectivity index (χ2n) is 11.9. The predicted octanol–water partition coefficient (Wildman–Crippen LogP) is 5.88. The summed E-state index contributed by atoms with van der Waals surface area (Å²) in [5, 5.41) is 0. The highest BCUT2D eigenvalue weighted by atomic mass is 32.2. The summed E-state index contributed by atoms with van der Waals surface area (Å²) in [5.41, 5.74) is 11.7. The van der Waals surface area contributed by atoms with E-state index in [0.29, 0.717) is 36.0 Å². The number of fused-ring (bicyclic) bond motifs is 1. The number of hydrogen-bond donors (Lipinski definition) is 1. The van der Waals surface area contributed by atoms with Crippen molar-refractivity contribution in [1.29, 1.82) is 0 Å². The minimum absolute atomic E-state index is 0.0614. The first-order valence-electron chi connectivity index (χ1n) is 14.1. The molecule has 4 aromatic rings. The number of nitrogen functional groups attached to an aromatic ring is 1. The first kappa shape index (κ1) is 28.8. The summed E-state index contributed by atoms with van der Waals surface area (Å²) < 4.78 is 30.1. The van der Waals surface area contributed by atoms with Gasteiger partial charge in [0.25, 0.3) is 0 Å². The normalized spacial score (nSPS) is 16.3. The molecule has 3 aromatic carbocycles. The summed E-state index contributed by atoms with van der Waals surface area (Å²) in [4.78, 5) is 11.6. The van der Waals surface area contributed by atoms with E-state index in [1.165, 1.54) is 5.56 Å². The van der Waals surface area contributed by atoms with Crippen molar-refractivity contribution >= 4 is 21.4 Å². The maximum atomic E-state index is 14.2. The molecule has 1 atom stereocenters. The molecule has 0 amide bonds. The largest absolute Gasteiger partial charge is 0.396 e. The van der Waals surface area contributed by atoms with Crippen molar-refractivity contribution < 1.29 is 8.42 Å². The Balaban J connectivity index is 1.56. The highest BCUT2D eigenvalue weighted by Gasteiger charge is 2.35. The van der Waals surface area contributed by atoms with Crippen molar-refractivity contribution in [3.8, 4) is 0 Å². The zero-order valence-corrected chi connectivity index (χ0v) is 25.1. The highest BCUT2D eigenvalue weighted by Crippen LogP contribution is 2.35. The third-order valence-electron chi connectivity index (χ3n) is 7.89. The van der Waals surface area contributed by atoms with E-state index in [1.54, 1.807) is 28.8 Å². The number of rotatable bonds is 7. The SMILES string of the molecule is Cc1cccc2c1CN(S(=O)(=O)c1ccc(C(C)(C)C)cc1)C[C@H](CCc1ccccc1)N2Cc1ncc(N)cn1. The maximum Gasteiger partial charge on any atom is 0.243 e. The molecule has 41 heavy (non-hydrogen) atoms. The number of aromatic nitrogens is 2. The third-order valence-corrected chi connectivity index (χ3v) is 9.71. The van der Waals surface area contributed by atoms with Gasteiger partial charge in [-0.15, -0.1) is 0 Å². The summed E-state index contributed by atoms with van der Waals surface area (Å²) in [5.74, 6) is 0.644. The van der Waals surface area contributed by atoms with E-state index in [2.05, 4.69) is 53.8 Å². The molecular weight excluding hydrogens is 530 g/mol. The summed E-state index contributed by atoms with van der Waals surface area (Å²) in [7, 11) is -3.77. The van der Waals surface area contributed by atoms with Crippen LogP contribution in [0.3, 0.4) is 0 Å². The van der Waals surface area contributed by atoms with Crippen LogP contribution in [0.1, 0.15) is 55.3 Å². The summed E-state index contributed by atoms with van der Waals surface area (Å²) in [6.45, 7) is 9.52. The minimum Gasteiger partial charge on any atom is -0.396 e. The fraction of sp³-hybridized carbons (Fsp3) is 0.333. The molecule has 2 heterocycles. The van der Waals surface area contributed by atoms with Gasteiger partial charge in [0.05, 0.1) is 29.5 Å². The van der Waals surface area contributed by atoms with Gasteiger partial charge in [-0.1, -0.05) is 75.4 Å². The lowest BCUT2D eigenvalue weighted by Crippen LogP contribution is -2.44. The molecule has 214 valence electrons. The lowest BCUT2D eigenvalue weighted by Gasteiger charge is -2.34. The molecule has 7 nitrogen and oxygen atoms in total. The van der Waals surface area contributed by atoms with Gasteiger partial charge in [0.2, 0.25) is 10.0 Å². The fourth-order valence-electron chi connectivity index (χ4n) is 5.43. The van der Waals surface area contributed by atoms with E-state index in [4.69, 9.17) is 5.73 Å². The van der Waals surface area contributed by atoms with Crippen molar-refractivity contribution in [2.75, 3.05) is 17.2 Å². The predicted molar refractivity (Wildman–Crippen MR) is 165 cm³/mol. The quantitative estimate of drug-likeness (QED) is 0.299. The molecule has 0 fully saturated rings. The van der Waals surface area contributed by atoms with E-state index in [9.17, 15) is 8.42 Å². The van der Waals surface area contributed by atoms with Crippen LogP contribution in [0.4, 0.5) is 11.4 Å². The number of benzene rings is 3. The van der Waals surface area contributed by atoms with Crippen LogP contribution in [0.5, 0.6) is 0 Å². The Hall–Kier alpha value is -3.75. The van der Waals surface area contributed by atoms with Crippen molar-refractivity contribution in [3.63, 3.8) is 0 Å². The van der Waals surface area contributed by atoms with Crippen molar-refractivity contribution in [1.82, 2.24) is 14.3 Å². The first-order valence-corrected chi connectivity index (χ1v) is 15.5. The van der Waals surface area contributed by atoms with Gasteiger partial charge in [-0.3, -0.25) is 0 Å². The molecule has 0 saturated heterocycles. The van der Waals surface area contributed by atoms with Gasteiger partial charge in [0, 0.05) is 24.8 Å². The van der Waals surface area contributed by atoms with E-state index < -0.39 is 10.0 Å². The van der Waals surface area contributed by atoms with Gasteiger partial charge >= 0.3 is 0 Å². The second kappa shape index (κ2) is 11.6. The van der Waals surface area contributed by atoms with E-state index >= 15 is 0 Å². The molecule has 0 radical (unpaired) electrons. The smallest absolute Gasteiger partial charge is 0.243 e. The molecule has 0 unspecified atom stereocenters. The zero-order valence-electron chi connectivity index (χ0n) is 24.3. The van der Waals surface area contributed by atoms with Gasteiger partial charge in [0.15, 0.2) is 0 Å². The molecule has 8 heteroatoms. The number of aryl methyl sites for hydroxylation is 2. The number of hydrogen-bond acceptors (Lipinski definition) is 6. The van der Waals surface area contributed by atoms with Crippen LogP contribution >= 0.6 is 0 Å². The Morgan fingerprint density at radius 2 is 1.61 bits per heavy atom. The standard InChI is InChI=1S/C33H39N5O2S/c1-24-9-8-12-31-30(24)22-37(41(39,40)29-17-14-26(15-18-29)33(2,3)4)21-28(16-13-25-10-6-5-7-11-25)38(31)23-32-35-19-27(34)20-36-32/h5-12,14-15,17-20,28H,13,16,21-23,34H2,1-4H3/t28-/m0/s1. The van der Waals surface area contributed by atoms with E-state index in [-0.39, 0.29) is 11.5 Å². The van der Waals surface area contributed by atoms with Gasteiger partial charge < -0.3 is 10.6 Å². The van der Waals surface area contributed by atoms with Crippen LogP contribution in [0.2, 0.25) is 0 Å². The molecule has 1 aliphatic heterocycles. The average molecular weight is 570 g/mol. The molecule has 1 aromatic heterocycles. The van der Waals surface area contributed by atoms with Gasteiger partial charge in [-0.25, -0.2) is 18.4 Å². The molecule has 2 N–H and O–H groups in total. The number of sulfonamides is 1. The van der Waals surface area contributed by atoms with E-state index in [0.717, 1.165) is 35.2 Å². The van der Waals surface area contributed by atoms with Gasteiger partial charge in [0.1, 0.15) is 5.82 Å². The third kappa shape index (κ3) is 6.44. The van der Waals surface area contributed by atoms with Crippen LogP contribution in [0, 0.1) is 6.92 Å².